The molecule has 0 saturated heterocycles. The molecule has 2 aromatic rings. The lowest BCUT2D eigenvalue weighted by Crippen LogP contribution is -2.06. The molecule has 0 unspecified atom stereocenters. The molecule has 19 heavy (non-hydrogen) atoms. The molecule has 0 bridgehead atoms. The van der Waals surface area contributed by atoms with Crippen molar-refractivity contribution in [3.8, 4) is 0 Å². The fourth-order valence-electron chi connectivity index (χ4n) is 1.83. The number of hydrogen-bond acceptors (Lipinski definition) is 4. The van der Waals surface area contributed by atoms with Crippen molar-refractivity contribution < 1.29 is 4.92 Å². The lowest BCUT2D eigenvalue weighted by Gasteiger charge is -2.10. The molecule has 0 aliphatic heterocycles. The molecule has 2 N–H and O–H groups in total. The summed E-state index contributed by atoms with van der Waals surface area (Å²) < 4.78 is 0. The van der Waals surface area contributed by atoms with E-state index in [-0.39, 0.29) is 11.4 Å². The van der Waals surface area contributed by atoms with Gasteiger partial charge in [0.15, 0.2) is 0 Å². The highest BCUT2D eigenvalue weighted by Crippen LogP contribution is 2.24. The standard InChI is InChI=1S/C14H13N3O2/c1-16-13-8-7-11(17(18)19)9-12(13)14(15)10-5-3-2-4-6-10/h2-9,15-16H,1H3. The second kappa shape index (κ2) is 5.30. The maximum atomic E-state index is 10.8. The molecular weight excluding hydrogens is 242 g/mol. The highest BCUT2D eigenvalue weighted by atomic mass is 16.6. The average molecular weight is 255 g/mol. The van der Waals surface area contributed by atoms with Gasteiger partial charge in [-0.3, -0.25) is 15.5 Å². The first-order valence-corrected chi connectivity index (χ1v) is 5.74. The fraction of sp³-hybridized carbons (Fsp3) is 0.0714. The second-order valence-electron chi connectivity index (χ2n) is 3.98. The van der Waals surface area contributed by atoms with Crippen LogP contribution < -0.4 is 5.32 Å². The summed E-state index contributed by atoms with van der Waals surface area (Å²) in [7, 11) is 1.73. The van der Waals surface area contributed by atoms with Crippen molar-refractivity contribution in [1.82, 2.24) is 0 Å². The van der Waals surface area contributed by atoms with Gasteiger partial charge < -0.3 is 5.32 Å². The zero-order valence-corrected chi connectivity index (χ0v) is 10.4. The molecule has 0 saturated carbocycles. The smallest absolute Gasteiger partial charge is 0.270 e. The van der Waals surface area contributed by atoms with Gasteiger partial charge in [0.2, 0.25) is 0 Å². The van der Waals surface area contributed by atoms with Crippen LogP contribution in [0.3, 0.4) is 0 Å². The first kappa shape index (κ1) is 12.8. The Morgan fingerprint density at radius 2 is 1.89 bits per heavy atom. The van der Waals surface area contributed by atoms with Crippen molar-refractivity contribution >= 4 is 17.1 Å². The number of anilines is 1. The molecule has 5 nitrogen and oxygen atoms in total. The van der Waals surface area contributed by atoms with Crippen molar-refractivity contribution in [2.75, 3.05) is 12.4 Å². The minimum atomic E-state index is -0.457. The van der Waals surface area contributed by atoms with Crippen LogP contribution in [-0.4, -0.2) is 17.7 Å². The number of non-ortho nitro benzene ring substituents is 1. The Morgan fingerprint density at radius 3 is 2.47 bits per heavy atom. The zero-order chi connectivity index (χ0) is 13.8. The maximum absolute atomic E-state index is 10.8. The van der Waals surface area contributed by atoms with Crippen molar-refractivity contribution in [2.24, 2.45) is 0 Å². The number of hydrogen-bond donors (Lipinski definition) is 2. The number of nitro groups is 1. The van der Waals surface area contributed by atoms with Gasteiger partial charge in [0, 0.05) is 36.0 Å². The summed E-state index contributed by atoms with van der Waals surface area (Å²) in [6.07, 6.45) is 0. The third-order valence-electron chi connectivity index (χ3n) is 2.82. The Hall–Kier alpha value is -2.69. The predicted octanol–water partition coefficient (Wildman–Crippen LogP) is 3.05. The van der Waals surface area contributed by atoms with Gasteiger partial charge in [-0.2, -0.15) is 0 Å². The first-order valence-electron chi connectivity index (χ1n) is 5.74. The molecule has 5 heteroatoms. The van der Waals surface area contributed by atoms with Crippen molar-refractivity contribution in [3.63, 3.8) is 0 Å². The Bertz CT molecular complexity index is 624. The molecular formula is C14H13N3O2. The number of nitro benzene ring substituents is 1. The maximum Gasteiger partial charge on any atom is 0.270 e. The van der Waals surface area contributed by atoms with Crippen molar-refractivity contribution in [3.05, 3.63) is 69.8 Å². The molecule has 0 spiro atoms. The third kappa shape index (κ3) is 2.60. The minimum Gasteiger partial charge on any atom is -0.388 e. The van der Waals surface area contributed by atoms with E-state index in [1.807, 2.05) is 18.2 Å². The van der Waals surface area contributed by atoms with Crippen LogP contribution in [0.1, 0.15) is 11.1 Å². The Kier molecular flexibility index (Phi) is 3.56. The van der Waals surface area contributed by atoms with Gasteiger partial charge >= 0.3 is 0 Å². The van der Waals surface area contributed by atoms with E-state index in [1.54, 1.807) is 25.2 Å². The van der Waals surface area contributed by atoms with E-state index < -0.39 is 4.92 Å². The third-order valence-corrected chi connectivity index (χ3v) is 2.82. The molecule has 0 amide bonds. The largest absolute Gasteiger partial charge is 0.388 e. The molecule has 96 valence electrons. The summed E-state index contributed by atoms with van der Waals surface area (Å²) in [5, 5.41) is 22.0. The Morgan fingerprint density at radius 1 is 1.21 bits per heavy atom. The van der Waals surface area contributed by atoms with Crippen LogP contribution in [0.2, 0.25) is 0 Å². The number of nitrogens with zero attached hydrogens (tertiary/aromatic N) is 1. The molecule has 0 aromatic heterocycles. The van der Waals surface area contributed by atoms with Gasteiger partial charge in [-0.1, -0.05) is 30.3 Å². The van der Waals surface area contributed by atoms with E-state index in [0.717, 1.165) is 5.56 Å². The predicted molar refractivity (Wildman–Crippen MR) is 75.0 cm³/mol. The summed E-state index contributed by atoms with van der Waals surface area (Å²) in [5.41, 5.74) is 2.17. The van der Waals surface area contributed by atoms with Crippen LogP contribution in [0.5, 0.6) is 0 Å². The van der Waals surface area contributed by atoms with Crippen LogP contribution >= 0.6 is 0 Å². The lowest BCUT2D eigenvalue weighted by atomic mass is 10.0. The highest BCUT2D eigenvalue weighted by Gasteiger charge is 2.14. The van der Waals surface area contributed by atoms with Crippen LogP contribution in [0.15, 0.2) is 48.5 Å². The normalized spacial score (nSPS) is 9.95. The van der Waals surface area contributed by atoms with Crippen LogP contribution in [0.4, 0.5) is 11.4 Å². The Balaban J connectivity index is 2.51. The molecule has 0 heterocycles. The van der Waals surface area contributed by atoms with Gasteiger partial charge in [0.25, 0.3) is 5.69 Å². The van der Waals surface area contributed by atoms with Crippen LogP contribution in [0, 0.1) is 15.5 Å². The lowest BCUT2D eigenvalue weighted by molar-refractivity contribution is -0.384. The zero-order valence-electron chi connectivity index (χ0n) is 10.4. The van der Waals surface area contributed by atoms with Gasteiger partial charge in [0.1, 0.15) is 0 Å². The van der Waals surface area contributed by atoms with Crippen LogP contribution in [-0.2, 0) is 0 Å². The molecule has 2 rings (SSSR count). The summed E-state index contributed by atoms with van der Waals surface area (Å²) in [6, 6.07) is 13.6. The summed E-state index contributed by atoms with van der Waals surface area (Å²) in [5.74, 6) is 0. The van der Waals surface area contributed by atoms with E-state index in [9.17, 15) is 10.1 Å². The van der Waals surface area contributed by atoms with Gasteiger partial charge in [-0.15, -0.1) is 0 Å². The molecule has 0 radical (unpaired) electrons. The Labute approximate surface area is 110 Å². The average Bonchev–Trinajstić information content (AvgIpc) is 2.46. The quantitative estimate of drug-likeness (QED) is 0.500. The van der Waals surface area contributed by atoms with E-state index in [0.29, 0.717) is 11.3 Å². The molecule has 0 aliphatic carbocycles. The molecule has 0 aliphatic rings. The second-order valence-corrected chi connectivity index (χ2v) is 3.98. The number of nitrogens with one attached hydrogen (secondary N) is 2. The number of benzene rings is 2. The van der Waals surface area contributed by atoms with Crippen LogP contribution in [0.25, 0.3) is 0 Å². The van der Waals surface area contributed by atoms with Gasteiger partial charge in [0.05, 0.1) is 10.6 Å². The van der Waals surface area contributed by atoms with E-state index in [1.165, 1.54) is 12.1 Å². The molecule has 0 atom stereocenters. The SMILES string of the molecule is CNc1ccc([N+](=O)[O-])cc1C(=N)c1ccccc1. The van der Waals surface area contributed by atoms with E-state index in [2.05, 4.69) is 5.32 Å². The number of rotatable bonds is 4. The van der Waals surface area contributed by atoms with E-state index >= 15 is 0 Å². The topological polar surface area (TPSA) is 79.0 Å². The minimum absolute atomic E-state index is 0.0188. The monoisotopic (exact) mass is 255 g/mol. The summed E-state index contributed by atoms with van der Waals surface area (Å²) in [4.78, 5) is 10.4. The fourth-order valence-corrected chi connectivity index (χ4v) is 1.83. The van der Waals surface area contributed by atoms with Gasteiger partial charge in [-0.05, 0) is 6.07 Å². The molecule has 2 aromatic carbocycles. The first-order chi connectivity index (χ1) is 9.13. The van der Waals surface area contributed by atoms with E-state index in [4.69, 9.17) is 5.41 Å². The van der Waals surface area contributed by atoms with Crippen molar-refractivity contribution in [2.45, 2.75) is 0 Å². The summed E-state index contributed by atoms with van der Waals surface area (Å²) in [6.45, 7) is 0. The molecule has 0 fully saturated rings. The van der Waals surface area contributed by atoms with Gasteiger partial charge in [-0.25, -0.2) is 0 Å². The van der Waals surface area contributed by atoms with Crippen molar-refractivity contribution in [1.29, 1.82) is 5.41 Å². The highest BCUT2D eigenvalue weighted by molar-refractivity contribution is 6.14. The summed E-state index contributed by atoms with van der Waals surface area (Å²) >= 11 is 0.